The first kappa shape index (κ1) is 29.4. The zero-order chi connectivity index (χ0) is 27.9. The molecular weight excluding hydrogens is 498 g/mol. The number of carboxylic acids is 1. The molecule has 38 heavy (non-hydrogen) atoms. The first-order chi connectivity index (χ1) is 17.9. The van der Waals surface area contributed by atoms with Crippen molar-refractivity contribution in [3.05, 3.63) is 89.5 Å². The van der Waals surface area contributed by atoms with Crippen molar-refractivity contribution in [2.45, 2.75) is 68.9 Å². The normalized spacial score (nSPS) is 13.2. The molecule has 7 heteroatoms. The Morgan fingerprint density at radius 3 is 2.16 bits per heavy atom. The van der Waals surface area contributed by atoms with Gasteiger partial charge in [0.2, 0.25) is 0 Å². The maximum absolute atomic E-state index is 12.9. The van der Waals surface area contributed by atoms with Crippen molar-refractivity contribution in [1.29, 1.82) is 0 Å². The Balaban J connectivity index is 1.70. The van der Waals surface area contributed by atoms with E-state index in [2.05, 4.69) is 5.32 Å². The van der Waals surface area contributed by atoms with E-state index in [9.17, 15) is 19.8 Å². The number of benzene rings is 3. The number of rotatable bonds is 11. The fourth-order valence-electron chi connectivity index (χ4n) is 4.00. The van der Waals surface area contributed by atoms with Crippen molar-refractivity contribution in [2.24, 2.45) is 0 Å². The van der Waals surface area contributed by atoms with Crippen LogP contribution in [-0.4, -0.2) is 45.6 Å². The fourth-order valence-corrected chi connectivity index (χ4v) is 4.98. The van der Waals surface area contributed by atoms with Crippen molar-refractivity contribution in [3.63, 3.8) is 0 Å². The van der Waals surface area contributed by atoms with E-state index in [-0.39, 0.29) is 5.25 Å². The third-order valence-corrected chi connectivity index (χ3v) is 6.82. The molecular formula is C31H37NO5S. The minimum absolute atomic E-state index is 0.267. The van der Waals surface area contributed by atoms with Gasteiger partial charge in [-0.05, 0) is 61.6 Å². The van der Waals surface area contributed by atoms with Crippen molar-refractivity contribution >= 4 is 23.7 Å². The van der Waals surface area contributed by atoms with Crippen LogP contribution in [0.5, 0.6) is 0 Å². The number of aromatic carboxylic acids is 1. The van der Waals surface area contributed by atoms with E-state index in [4.69, 9.17) is 4.74 Å². The van der Waals surface area contributed by atoms with Crippen molar-refractivity contribution < 1.29 is 24.5 Å². The second-order valence-corrected chi connectivity index (χ2v) is 12.1. The number of carbonyl (C=O) groups excluding carboxylic acids is 1. The van der Waals surface area contributed by atoms with Crippen LogP contribution in [0.25, 0.3) is 11.1 Å². The van der Waals surface area contributed by atoms with Crippen molar-refractivity contribution in [1.82, 2.24) is 5.32 Å². The molecule has 3 rings (SSSR count). The molecule has 0 saturated carbocycles. The van der Waals surface area contributed by atoms with Gasteiger partial charge < -0.3 is 20.3 Å². The lowest BCUT2D eigenvalue weighted by molar-refractivity contribution is -0.160. The first-order valence-corrected chi connectivity index (χ1v) is 13.6. The zero-order valence-electron chi connectivity index (χ0n) is 22.6. The summed E-state index contributed by atoms with van der Waals surface area (Å²) in [6.45, 7) is 9.96. The van der Waals surface area contributed by atoms with Gasteiger partial charge >= 0.3 is 11.9 Å². The summed E-state index contributed by atoms with van der Waals surface area (Å²) in [6, 6.07) is 21.7. The molecule has 202 valence electrons. The van der Waals surface area contributed by atoms with Crippen LogP contribution in [0.1, 0.15) is 62.2 Å². The SMILES string of the molecule is CC(C)Sc1cc(-c2ccc(CCNC(C(=O)OC(C)(C)C)[C@H](O)c3ccccc3)cc2)ccc1C(=O)O. The van der Waals surface area contributed by atoms with Crippen LogP contribution >= 0.6 is 11.8 Å². The van der Waals surface area contributed by atoms with Crippen LogP contribution in [-0.2, 0) is 16.0 Å². The van der Waals surface area contributed by atoms with Crippen LogP contribution in [0.15, 0.2) is 77.7 Å². The number of nitrogens with one attached hydrogen (secondary N) is 1. The Kier molecular flexibility index (Phi) is 10.1. The lowest BCUT2D eigenvalue weighted by atomic mass is 10.0. The highest BCUT2D eigenvalue weighted by Gasteiger charge is 2.31. The molecule has 0 aliphatic heterocycles. The smallest absolute Gasteiger partial charge is 0.336 e. The van der Waals surface area contributed by atoms with Crippen molar-refractivity contribution in [3.8, 4) is 11.1 Å². The minimum atomic E-state index is -1.04. The number of hydrogen-bond acceptors (Lipinski definition) is 6. The molecule has 0 spiro atoms. The van der Waals surface area contributed by atoms with E-state index >= 15 is 0 Å². The number of aliphatic hydroxyl groups is 1. The van der Waals surface area contributed by atoms with E-state index in [0.717, 1.165) is 21.6 Å². The molecule has 0 radical (unpaired) electrons. The zero-order valence-corrected chi connectivity index (χ0v) is 23.4. The predicted octanol–water partition coefficient (Wildman–Crippen LogP) is 6.13. The molecule has 0 heterocycles. The van der Waals surface area contributed by atoms with Crippen molar-refractivity contribution in [2.75, 3.05) is 6.54 Å². The van der Waals surface area contributed by atoms with E-state index in [1.807, 2.05) is 68.4 Å². The summed E-state index contributed by atoms with van der Waals surface area (Å²) in [5, 5.41) is 23.9. The van der Waals surface area contributed by atoms with Crippen LogP contribution in [0.2, 0.25) is 0 Å². The molecule has 1 unspecified atom stereocenters. The fraction of sp³-hybridized carbons (Fsp3) is 0.355. The second-order valence-electron chi connectivity index (χ2n) is 10.5. The lowest BCUT2D eigenvalue weighted by Gasteiger charge is -2.27. The Morgan fingerprint density at radius 2 is 1.58 bits per heavy atom. The van der Waals surface area contributed by atoms with Crippen LogP contribution in [0, 0.1) is 0 Å². The lowest BCUT2D eigenvalue weighted by Crippen LogP contribution is -2.46. The van der Waals surface area contributed by atoms with Gasteiger partial charge in [-0.25, -0.2) is 4.79 Å². The number of esters is 1. The highest BCUT2D eigenvalue weighted by atomic mass is 32.2. The average molecular weight is 536 g/mol. The van der Waals surface area contributed by atoms with Gasteiger partial charge in [0.25, 0.3) is 0 Å². The largest absolute Gasteiger partial charge is 0.478 e. The van der Waals surface area contributed by atoms with E-state index in [1.54, 1.807) is 39.0 Å². The topological polar surface area (TPSA) is 95.9 Å². The third kappa shape index (κ3) is 8.45. The maximum atomic E-state index is 12.9. The summed E-state index contributed by atoms with van der Waals surface area (Å²) < 4.78 is 5.57. The molecule has 3 aromatic carbocycles. The molecule has 2 atom stereocenters. The van der Waals surface area contributed by atoms with Gasteiger partial charge in [0.05, 0.1) is 5.56 Å². The summed E-state index contributed by atoms with van der Waals surface area (Å²) in [7, 11) is 0. The number of hydrogen-bond donors (Lipinski definition) is 3. The predicted molar refractivity (Wildman–Crippen MR) is 153 cm³/mol. The van der Waals surface area contributed by atoms with Gasteiger partial charge in [-0.3, -0.25) is 4.79 Å². The molecule has 3 N–H and O–H groups in total. The molecule has 0 fully saturated rings. The standard InChI is InChI=1S/C31H37NO5S/c1-20(2)38-26-19-24(15-16-25(26)29(34)35)22-13-11-21(12-14-22)17-18-32-27(30(36)37-31(3,4)5)28(33)23-9-7-6-8-10-23/h6-16,19-20,27-28,32-33H,17-18H2,1-5H3,(H,34,35)/t27?,28-/m1/s1. The number of thioether (sulfide) groups is 1. The monoisotopic (exact) mass is 535 g/mol. The molecule has 0 saturated heterocycles. The minimum Gasteiger partial charge on any atom is -0.478 e. The summed E-state index contributed by atoms with van der Waals surface area (Å²) in [5.74, 6) is -1.42. The number of aliphatic hydroxyl groups excluding tert-OH is 1. The highest BCUT2D eigenvalue weighted by molar-refractivity contribution is 8.00. The third-order valence-electron chi connectivity index (χ3n) is 5.76. The van der Waals surface area contributed by atoms with Gasteiger partial charge in [0.1, 0.15) is 17.7 Å². The molecule has 0 amide bonds. The number of carbonyl (C=O) groups is 2. The molecule has 0 aromatic heterocycles. The van der Waals surface area contributed by atoms with E-state index < -0.39 is 29.7 Å². The van der Waals surface area contributed by atoms with Gasteiger partial charge in [-0.2, -0.15) is 0 Å². The average Bonchev–Trinajstić information content (AvgIpc) is 2.85. The summed E-state index contributed by atoms with van der Waals surface area (Å²) in [5.41, 5.74) is 3.31. The van der Waals surface area contributed by atoms with Gasteiger partial charge in [0, 0.05) is 16.7 Å². The Morgan fingerprint density at radius 1 is 0.947 bits per heavy atom. The highest BCUT2D eigenvalue weighted by Crippen LogP contribution is 2.32. The molecule has 0 bridgehead atoms. The second kappa shape index (κ2) is 13.1. The van der Waals surface area contributed by atoms with Crippen LogP contribution in [0.4, 0.5) is 0 Å². The van der Waals surface area contributed by atoms with E-state index in [0.29, 0.717) is 24.1 Å². The Labute approximate surface area is 229 Å². The Bertz CT molecular complexity index is 1220. The first-order valence-electron chi connectivity index (χ1n) is 12.8. The summed E-state index contributed by atoms with van der Waals surface area (Å²) in [6.07, 6.45) is -0.395. The number of carboxylic acid groups (broad SMARTS) is 1. The molecule has 6 nitrogen and oxygen atoms in total. The van der Waals surface area contributed by atoms with E-state index in [1.165, 1.54) is 11.8 Å². The molecule has 3 aromatic rings. The quantitative estimate of drug-likeness (QED) is 0.201. The van der Waals surface area contributed by atoms with Crippen LogP contribution in [0.3, 0.4) is 0 Å². The van der Waals surface area contributed by atoms with Gasteiger partial charge in [-0.15, -0.1) is 11.8 Å². The maximum Gasteiger partial charge on any atom is 0.336 e. The Hall–Kier alpha value is -3.13. The molecule has 0 aliphatic carbocycles. The van der Waals surface area contributed by atoms with Gasteiger partial charge in [-0.1, -0.05) is 74.5 Å². The molecule has 0 aliphatic rings. The summed E-state index contributed by atoms with van der Waals surface area (Å²) >= 11 is 1.54. The van der Waals surface area contributed by atoms with Gasteiger partial charge in [0.15, 0.2) is 0 Å². The van der Waals surface area contributed by atoms with Crippen LogP contribution < -0.4 is 5.32 Å². The number of ether oxygens (including phenoxy) is 1. The summed E-state index contributed by atoms with van der Waals surface area (Å²) in [4.78, 5) is 25.3.